The summed E-state index contributed by atoms with van der Waals surface area (Å²) in [4.78, 5) is 12.6. The number of nitrogens with zero attached hydrogens (tertiary/aromatic N) is 1. The first kappa shape index (κ1) is 15.9. The number of hydrogen-bond acceptors (Lipinski definition) is 5. The second-order valence-corrected chi connectivity index (χ2v) is 6.83. The van der Waals surface area contributed by atoms with Crippen LogP contribution in [0.15, 0.2) is 29.2 Å². The van der Waals surface area contributed by atoms with Gasteiger partial charge in [0.1, 0.15) is 0 Å². The van der Waals surface area contributed by atoms with Gasteiger partial charge in [0.2, 0.25) is 0 Å². The Bertz CT molecular complexity index is 596. The minimum absolute atomic E-state index is 0.0104. The van der Waals surface area contributed by atoms with E-state index in [-0.39, 0.29) is 24.1 Å². The highest BCUT2D eigenvalue weighted by Gasteiger charge is 2.28. The number of carboxylic acids is 1. The van der Waals surface area contributed by atoms with Gasteiger partial charge >= 0.3 is 5.97 Å². The van der Waals surface area contributed by atoms with Crippen molar-refractivity contribution in [3.05, 3.63) is 29.8 Å². The topological polar surface area (TPSA) is 83.9 Å². The molecule has 1 saturated heterocycles. The molecule has 1 fully saturated rings. The lowest BCUT2D eigenvalue weighted by Gasteiger charge is -2.21. The van der Waals surface area contributed by atoms with Gasteiger partial charge in [-0.2, -0.15) is 8.42 Å². The first-order chi connectivity index (χ1) is 9.88. The Kier molecular flexibility index (Phi) is 4.97. The predicted octanol–water partition coefficient (Wildman–Crippen LogP) is 1.25. The van der Waals surface area contributed by atoms with Gasteiger partial charge in [-0.05, 0) is 38.4 Å². The molecule has 1 aromatic rings. The van der Waals surface area contributed by atoms with Crippen molar-refractivity contribution in [2.45, 2.75) is 30.7 Å². The van der Waals surface area contributed by atoms with E-state index in [1.165, 1.54) is 12.1 Å². The highest BCUT2D eigenvalue weighted by atomic mass is 32.2. The average Bonchev–Trinajstić information content (AvgIpc) is 2.83. The van der Waals surface area contributed by atoms with Crippen molar-refractivity contribution in [2.75, 3.05) is 19.7 Å². The molecule has 0 radical (unpaired) electrons. The van der Waals surface area contributed by atoms with E-state index in [4.69, 9.17) is 9.29 Å². The zero-order valence-corrected chi connectivity index (χ0v) is 12.7. The molecule has 21 heavy (non-hydrogen) atoms. The Hall–Kier alpha value is -1.44. The Labute approximate surface area is 124 Å². The summed E-state index contributed by atoms with van der Waals surface area (Å²) in [6.07, 6.45) is 1.60. The molecule has 0 spiro atoms. The van der Waals surface area contributed by atoms with Gasteiger partial charge in [-0.3, -0.25) is 13.9 Å². The predicted molar refractivity (Wildman–Crippen MR) is 76.5 cm³/mol. The first-order valence-corrected chi connectivity index (χ1v) is 8.21. The molecule has 1 heterocycles. The monoisotopic (exact) mass is 313 g/mol. The van der Waals surface area contributed by atoms with Crippen LogP contribution in [0.4, 0.5) is 0 Å². The minimum atomic E-state index is -3.79. The molecule has 0 aromatic heterocycles. The van der Waals surface area contributed by atoms with E-state index in [0.717, 1.165) is 18.4 Å². The Balaban J connectivity index is 1.98. The van der Waals surface area contributed by atoms with Crippen molar-refractivity contribution >= 4 is 16.1 Å². The lowest BCUT2D eigenvalue weighted by Crippen LogP contribution is -2.37. The molecule has 0 aliphatic carbocycles. The second kappa shape index (κ2) is 6.55. The molecule has 1 aromatic carbocycles. The number of hydrogen-bond donors (Lipinski definition) is 1. The van der Waals surface area contributed by atoms with Gasteiger partial charge in [-0.1, -0.05) is 17.7 Å². The molecule has 116 valence electrons. The van der Waals surface area contributed by atoms with Crippen LogP contribution in [0.1, 0.15) is 18.4 Å². The second-order valence-electron chi connectivity index (χ2n) is 5.21. The van der Waals surface area contributed by atoms with Crippen LogP contribution >= 0.6 is 0 Å². The highest BCUT2D eigenvalue weighted by Crippen LogP contribution is 2.20. The summed E-state index contributed by atoms with van der Waals surface area (Å²) in [5.41, 5.74) is 0.970. The summed E-state index contributed by atoms with van der Waals surface area (Å²) >= 11 is 0. The molecule has 1 aliphatic heterocycles. The third-order valence-corrected chi connectivity index (χ3v) is 4.86. The molecule has 0 bridgehead atoms. The summed E-state index contributed by atoms with van der Waals surface area (Å²) in [6, 6.07) is 6.27. The van der Waals surface area contributed by atoms with Crippen LogP contribution in [-0.2, 0) is 19.1 Å². The Morgan fingerprint density at radius 1 is 1.38 bits per heavy atom. The molecular weight excluding hydrogens is 294 g/mol. The van der Waals surface area contributed by atoms with Gasteiger partial charge in [0.15, 0.2) is 0 Å². The van der Waals surface area contributed by atoms with Crippen LogP contribution in [0.2, 0.25) is 0 Å². The molecule has 2 rings (SSSR count). The van der Waals surface area contributed by atoms with Crippen LogP contribution in [0.3, 0.4) is 0 Å². The van der Waals surface area contributed by atoms with Crippen LogP contribution in [0.5, 0.6) is 0 Å². The molecule has 0 saturated carbocycles. The van der Waals surface area contributed by atoms with Gasteiger partial charge < -0.3 is 5.11 Å². The molecule has 0 amide bonds. The summed E-state index contributed by atoms with van der Waals surface area (Å²) < 4.78 is 29.2. The van der Waals surface area contributed by atoms with E-state index in [1.54, 1.807) is 17.0 Å². The molecule has 1 atom stereocenters. The van der Waals surface area contributed by atoms with E-state index >= 15 is 0 Å². The fourth-order valence-corrected chi connectivity index (χ4v) is 3.35. The van der Waals surface area contributed by atoms with Gasteiger partial charge in [-0.25, -0.2) is 0 Å². The van der Waals surface area contributed by atoms with E-state index in [9.17, 15) is 13.2 Å². The minimum Gasteiger partial charge on any atom is -0.480 e. The van der Waals surface area contributed by atoms with Gasteiger partial charge in [0.05, 0.1) is 18.0 Å². The third-order valence-electron chi connectivity index (χ3n) is 3.56. The first-order valence-electron chi connectivity index (χ1n) is 6.80. The zero-order chi connectivity index (χ0) is 15.5. The number of carboxylic acid groups (broad SMARTS) is 1. The number of carbonyl (C=O) groups is 1. The van der Waals surface area contributed by atoms with E-state index in [0.29, 0.717) is 6.54 Å². The van der Waals surface area contributed by atoms with Crippen molar-refractivity contribution < 1.29 is 22.5 Å². The summed E-state index contributed by atoms with van der Waals surface area (Å²) in [7, 11) is -3.79. The van der Waals surface area contributed by atoms with Crippen LogP contribution in [0, 0.1) is 6.92 Å². The zero-order valence-electron chi connectivity index (χ0n) is 11.9. The lowest BCUT2D eigenvalue weighted by atomic mass is 10.2. The maximum atomic E-state index is 12.1. The molecule has 6 nitrogen and oxygen atoms in total. The lowest BCUT2D eigenvalue weighted by molar-refractivity contribution is -0.138. The maximum Gasteiger partial charge on any atom is 0.317 e. The summed E-state index contributed by atoms with van der Waals surface area (Å²) in [6.45, 7) is 2.44. The normalized spacial score (nSPS) is 19.8. The van der Waals surface area contributed by atoms with Crippen molar-refractivity contribution in [3.63, 3.8) is 0 Å². The quantitative estimate of drug-likeness (QED) is 0.796. The average molecular weight is 313 g/mol. The van der Waals surface area contributed by atoms with Crippen molar-refractivity contribution in [3.8, 4) is 0 Å². The van der Waals surface area contributed by atoms with E-state index in [2.05, 4.69) is 0 Å². The molecular formula is C14H19NO5S. The van der Waals surface area contributed by atoms with Gasteiger partial charge in [0.25, 0.3) is 10.1 Å². The number of aliphatic carboxylic acids is 1. The highest BCUT2D eigenvalue weighted by molar-refractivity contribution is 7.86. The number of likely N-dealkylation sites (tertiary alicyclic amines) is 1. The summed E-state index contributed by atoms with van der Waals surface area (Å²) in [5, 5.41) is 8.82. The van der Waals surface area contributed by atoms with Crippen LogP contribution in [0.25, 0.3) is 0 Å². The Morgan fingerprint density at radius 3 is 2.67 bits per heavy atom. The SMILES string of the molecule is Cc1ccc(S(=O)(=O)OC[C@@H]2CCCN2CC(=O)O)cc1. The van der Waals surface area contributed by atoms with Crippen molar-refractivity contribution in [1.82, 2.24) is 4.90 Å². The molecule has 0 unspecified atom stereocenters. The maximum absolute atomic E-state index is 12.1. The Morgan fingerprint density at radius 2 is 2.05 bits per heavy atom. The summed E-state index contributed by atoms with van der Waals surface area (Å²) in [5.74, 6) is -0.914. The third kappa shape index (κ3) is 4.26. The van der Waals surface area contributed by atoms with E-state index < -0.39 is 16.1 Å². The van der Waals surface area contributed by atoms with Crippen LogP contribution < -0.4 is 0 Å². The number of rotatable bonds is 6. The van der Waals surface area contributed by atoms with Crippen molar-refractivity contribution in [1.29, 1.82) is 0 Å². The fraction of sp³-hybridized carbons (Fsp3) is 0.500. The molecule has 7 heteroatoms. The van der Waals surface area contributed by atoms with E-state index in [1.807, 2.05) is 6.92 Å². The largest absolute Gasteiger partial charge is 0.480 e. The van der Waals surface area contributed by atoms with Crippen LogP contribution in [-0.4, -0.2) is 50.1 Å². The number of benzene rings is 1. The number of aryl methyl sites for hydroxylation is 1. The van der Waals surface area contributed by atoms with Crippen molar-refractivity contribution in [2.24, 2.45) is 0 Å². The fourth-order valence-electron chi connectivity index (χ4n) is 2.41. The molecule has 1 N–H and O–H groups in total. The smallest absolute Gasteiger partial charge is 0.317 e. The molecule has 1 aliphatic rings. The standard InChI is InChI=1S/C14H19NO5S/c1-11-4-6-13(7-5-11)21(18,19)20-10-12-3-2-8-15(12)9-14(16)17/h4-7,12H,2-3,8-10H2,1H3,(H,16,17)/t12-/m0/s1. The van der Waals surface area contributed by atoms with Gasteiger partial charge in [0, 0.05) is 6.04 Å². The van der Waals surface area contributed by atoms with Gasteiger partial charge in [-0.15, -0.1) is 0 Å².